The summed E-state index contributed by atoms with van der Waals surface area (Å²) in [5.41, 5.74) is 1.66. The summed E-state index contributed by atoms with van der Waals surface area (Å²) in [6.45, 7) is 2.24. The van der Waals surface area contributed by atoms with Crippen molar-refractivity contribution in [3.05, 3.63) is 58.1 Å². The number of hydrogen-bond donors (Lipinski definition) is 1. The molecule has 1 fully saturated rings. The Kier molecular flexibility index (Phi) is 8.01. The maximum absolute atomic E-state index is 13.8. The summed E-state index contributed by atoms with van der Waals surface area (Å²) in [5, 5.41) is 2.93. The van der Waals surface area contributed by atoms with E-state index in [1.165, 1.54) is 10.4 Å². The van der Waals surface area contributed by atoms with Crippen LogP contribution in [0.25, 0.3) is 0 Å². The summed E-state index contributed by atoms with van der Waals surface area (Å²) in [6, 6.07) is 10.00. The highest BCUT2D eigenvalue weighted by molar-refractivity contribution is 9.10. The van der Waals surface area contributed by atoms with E-state index >= 15 is 0 Å². The van der Waals surface area contributed by atoms with Gasteiger partial charge in [0.2, 0.25) is 15.9 Å². The zero-order chi connectivity index (χ0) is 26.1. The number of hydrogen-bond acceptors (Lipinski definition) is 4. The Bertz CT molecular complexity index is 1210. The minimum atomic E-state index is -5.07. The van der Waals surface area contributed by atoms with E-state index < -0.39 is 33.1 Å². The SMILES string of the molecule is CC1CCC(C(=O)NCC2c3ccccc3CCN2S(=O)(=O)c2ccc(Br)cc2OC(F)(F)F)CC1. The average Bonchev–Trinajstić information content (AvgIpc) is 2.81. The molecule has 11 heteroatoms. The van der Waals surface area contributed by atoms with Crippen molar-refractivity contribution in [1.29, 1.82) is 0 Å². The number of carbonyl (C=O) groups is 1. The van der Waals surface area contributed by atoms with E-state index in [0.29, 0.717) is 12.3 Å². The molecule has 2 aliphatic rings. The molecule has 6 nitrogen and oxygen atoms in total. The number of sulfonamides is 1. The first kappa shape index (κ1) is 26.9. The normalized spacial score (nSPS) is 23.1. The van der Waals surface area contributed by atoms with Gasteiger partial charge in [-0.2, -0.15) is 4.31 Å². The molecule has 0 saturated heterocycles. The average molecular weight is 589 g/mol. The van der Waals surface area contributed by atoms with Crippen molar-refractivity contribution in [1.82, 2.24) is 9.62 Å². The van der Waals surface area contributed by atoms with E-state index in [4.69, 9.17) is 0 Å². The van der Waals surface area contributed by atoms with Crippen molar-refractivity contribution in [3.63, 3.8) is 0 Å². The number of nitrogens with zero attached hydrogens (tertiary/aromatic N) is 1. The third-order valence-electron chi connectivity index (χ3n) is 6.94. The van der Waals surface area contributed by atoms with Crippen LogP contribution in [0.1, 0.15) is 49.8 Å². The molecule has 1 unspecified atom stereocenters. The van der Waals surface area contributed by atoms with Crippen LogP contribution in [0.2, 0.25) is 0 Å². The van der Waals surface area contributed by atoms with E-state index in [1.807, 2.05) is 12.1 Å². The first-order chi connectivity index (χ1) is 17.0. The zero-order valence-corrected chi connectivity index (χ0v) is 22.1. The fourth-order valence-electron chi connectivity index (χ4n) is 5.02. The summed E-state index contributed by atoms with van der Waals surface area (Å²) in [7, 11) is -4.42. The molecule has 2 aromatic rings. The molecule has 1 heterocycles. The molecule has 4 rings (SSSR count). The van der Waals surface area contributed by atoms with Crippen molar-refractivity contribution in [2.45, 2.75) is 56.3 Å². The first-order valence-corrected chi connectivity index (χ1v) is 14.1. The number of alkyl halides is 3. The highest BCUT2D eigenvalue weighted by Crippen LogP contribution is 2.39. The van der Waals surface area contributed by atoms with Gasteiger partial charge in [-0.1, -0.05) is 47.1 Å². The maximum atomic E-state index is 13.8. The molecule has 1 N–H and O–H groups in total. The predicted octanol–water partition coefficient (Wildman–Crippen LogP) is 5.58. The summed E-state index contributed by atoms with van der Waals surface area (Å²) < 4.78 is 72.2. The van der Waals surface area contributed by atoms with Gasteiger partial charge < -0.3 is 10.1 Å². The largest absolute Gasteiger partial charge is 0.573 e. The number of rotatable bonds is 6. The van der Waals surface area contributed by atoms with E-state index in [0.717, 1.165) is 48.9 Å². The molecule has 196 valence electrons. The number of amides is 1. The number of fused-ring (bicyclic) bond motifs is 1. The lowest BCUT2D eigenvalue weighted by atomic mass is 9.82. The molecule has 0 radical (unpaired) electrons. The smallest absolute Gasteiger partial charge is 0.404 e. The van der Waals surface area contributed by atoms with Crippen molar-refractivity contribution in [2.24, 2.45) is 11.8 Å². The standard InChI is InChI=1S/C25H28BrF3N2O4S/c1-16-6-8-18(9-7-16)24(32)30-15-21-20-5-3-2-4-17(20)12-13-31(21)36(33,34)23-11-10-19(26)14-22(23)35-25(27,28)29/h2-5,10-11,14,16,18,21H,6-9,12-13,15H2,1H3,(H,30,32). The Morgan fingerprint density at radius 2 is 1.83 bits per heavy atom. The molecule has 0 aromatic heterocycles. The quantitative estimate of drug-likeness (QED) is 0.478. The van der Waals surface area contributed by atoms with Crippen LogP contribution in [0.3, 0.4) is 0 Å². The molecule has 1 aliphatic heterocycles. The van der Waals surface area contributed by atoms with Gasteiger partial charge in [-0.25, -0.2) is 8.42 Å². The van der Waals surface area contributed by atoms with Crippen LogP contribution in [-0.2, 0) is 21.2 Å². The molecule has 1 aliphatic carbocycles. The van der Waals surface area contributed by atoms with Gasteiger partial charge in [0.25, 0.3) is 0 Å². The molecule has 0 spiro atoms. The van der Waals surface area contributed by atoms with Gasteiger partial charge >= 0.3 is 6.36 Å². The number of nitrogens with one attached hydrogen (secondary N) is 1. The van der Waals surface area contributed by atoms with Gasteiger partial charge in [-0.05, 0) is 67.3 Å². The lowest BCUT2D eigenvalue weighted by Gasteiger charge is -2.37. The second-order valence-corrected chi connectivity index (χ2v) is 12.2. The topological polar surface area (TPSA) is 75.7 Å². The minimum absolute atomic E-state index is 0.0210. The monoisotopic (exact) mass is 588 g/mol. The molecule has 1 atom stereocenters. The first-order valence-electron chi connectivity index (χ1n) is 11.9. The van der Waals surface area contributed by atoms with Crippen LogP contribution in [0.5, 0.6) is 5.75 Å². The fraction of sp³-hybridized carbons (Fsp3) is 0.480. The van der Waals surface area contributed by atoms with Crippen LogP contribution >= 0.6 is 15.9 Å². The zero-order valence-electron chi connectivity index (χ0n) is 19.7. The molecule has 1 amide bonds. The Morgan fingerprint density at radius 3 is 2.53 bits per heavy atom. The van der Waals surface area contributed by atoms with Gasteiger partial charge in [-0.15, -0.1) is 13.2 Å². The summed E-state index contributed by atoms with van der Waals surface area (Å²) >= 11 is 3.08. The van der Waals surface area contributed by atoms with Crippen molar-refractivity contribution >= 4 is 31.9 Å². The van der Waals surface area contributed by atoms with Crippen LogP contribution in [0.15, 0.2) is 51.8 Å². The Hall–Kier alpha value is -2.11. The predicted molar refractivity (Wildman–Crippen MR) is 132 cm³/mol. The summed E-state index contributed by atoms with van der Waals surface area (Å²) in [6.07, 6.45) is -1.16. The van der Waals surface area contributed by atoms with Crippen LogP contribution in [-0.4, -0.2) is 38.1 Å². The molecule has 1 saturated carbocycles. The van der Waals surface area contributed by atoms with Crippen molar-refractivity contribution in [3.8, 4) is 5.75 Å². The molecule has 36 heavy (non-hydrogen) atoms. The number of benzene rings is 2. The maximum Gasteiger partial charge on any atom is 0.573 e. The Morgan fingerprint density at radius 1 is 1.14 bits per heavy atom. The summed E-state index contributed by atoms with van der Waals surface area (Å²) in [5.74, 6) is -0.468. The van der Waals surface area contributed by atoms with E-state index in [1.54, 1.807) is 12.1 Å². The van der Waals surface area contributed by atoms with Gasteiger partial charge in [0.15, 0.2) is 5.75 Å². The number of halogens is 4. The van der Waals surface area contributed by atoms with Crippen molar-refractivity contribution in [2.75, 3.05) is 13.1 Å². The van der Waals surface area contributed by atoms with Gasteiger partial charge in [-0.3, -0.25) is 4.79 Å². The third-order valence-corrected chi connectivity index (χ3v) is 9.38. The van der Waals surface area contributed by atoms with E-state index in [9.17, 15) is 26.4 Å². The molecule has 0 bridgehead atoms. The van der Waals surface area contributed by atoms with Crippen molar-refractivity contribution < 1.29 is 31.1 Å². The third kappa shape index (κ3) is 6.06. The Labute approximate surface area is 217 Å². The van der Waals surface area contributed by atoms with Crippen LogP contribution < -0.4 is 10.1 Å². The molecule has 2 aromatic carbocycles. The number of ether oxygens (including phenoxy) is 1. The van der Waals surface area contributed by atoms with E-state index in [-0.39, 0.29) is 29.4 Å². The Balaban J connectivity index is 1.65. The highest BCUT2D eigenvalue weighted by atomic mass is 79.9. The lowest BCUT2D eigenvalue weighted by Crippen LogP contribution is -2.46. The molecular weight excluding hydrogens is 561 g/mol. The fourth-order valence-corrected chi connectivity index (χ4v) is 7.06. The minimum Gasteiger partial charge on any atom is -0.404 e. The van der Waals surface area contributed by atoms with Crippen LogP contribution in [0, 0.1) is 11.8 Å². The van der Waals surface area contributed by atoms with E-state index in [2.05, 4.69) is 32.9 Å². The van der Waals surface area contributed by atoms with Crippen LogP contribution in [0.4, 0.5) is 13.2 Å². The molecular formula is C25H28BrF3N2O4S. The van der Waals surface area contributed by atoms with Gasteiger partial charge in [0.1, 0.15) is 4.90 Å². The second-order valence-electron chi connectivity index (χ2n) is 9.42. The van der Waals surface area contributed by atoms with Gasteiger partial charge in [0.05, 0.1) is 6.04 Å². The lowest BCUT2D eigenvalue weighted by molar-refractivity contribution is -0.275. The summed E-state index contributed by atoms with van der Waals surface area (Å²) in [4.78, 5) is 12.3. The number of carbonyl (C=O) groups excluding carboxylic acids is 1. The second kappa shape index (κ2) is 10.7. The van der Waals surface area contributed by atoms with Gasteiger partial charge in [0, 0.05) is 23.5 Å². The highest BCUT2D eigenvalue weighted by Gasteiger charge is 2.40.